The number of fused-ring (bicyclic) bond motifs is 1. The average molecular weight is 387 g/mol. The summed E-state index contributed by atoms with van der Waals surface area (Å²) in [5.41, 5.74) is 1.94. The number of anilines is 1. The van der Waals surface area contributed by atoms with Crippen molar-refractivity contribution in [2.75, 3.05) is 5.32 Å². The van der Waals surface area contributed by atoms with E-state index in [1.165, 1.54) is 17.5 Å². The number of carbonyl (C=O) groups excluding carboxylic acids is 1. The van der Waals surface area contributed by atoms with E-state index in [9.17, 15) is 4.79 Å². The average Bonchev–Trinajstić information content (AvgIpc) is 3.47. The van der Waals surface area contributed by atoms with Crippen LogP contribution in [0.5, 0.6) is 0 Å². The first kappa shape index (κ1) is 16.4. The zero-order valence-electron chi connectivity index (χ0n) is 14.4. The molecular formula is C20H13N5O2S. The number of nitrogens with one attached hydrogen (secondary N) is 1. The molecule has 0 aliphatic heterocycles. The van der Waals surface area contributed by atoms with E-state index in [0.29, 0.717) is 28.0 Å². The first-order chi connectivity index (χ1) is 13.8. The monoisotopic (exact) mass is 387 g/mol. The molecule has 0 bridgehead atoms. The second-order valence-corrected chi connectivity index (χ2v) is 6.87. The van der Waals surface area contributed by atoms with Gasteiger partial charge < -0.3 is 4.42 Å². The molecule has 5 aromatic rings. The second-order valence-electron chi connectivity index (χ2n) is 6.02. The number of pyridine rings is 1. The first-order valence-corrected chi connectivity index (χ1v) is 9.34. The summed E-state index contributed by atoms with van der Waals surface area (Å²) in [6.45, 7) is 0. The minimum Gasteiger partial charge on any atom is -0.454 e. The summed E-state index contributed by atoms with van der Waals surface area (Å²) >= 11 is 1.34. The van der Waals surface area contributed by atoms with Gasteiger partial charge in [-0.05, 0) is 24.3 Å². The van der Waals surface area contributed by atoms with Gasteiger partial charge in [0.15, 0.2) is 10.9 Å². The summed E-state index contributed by atoms with van der Waals surface area (Å²) in [5.74, 6) is 1.09. The van der Waals surface area contributed by atoms with Crippen LogP contribution in [0.2, 0.25) is 0 Å². The van der Waals surface area contributed by atoms with Gasteiger partial charge in [0.25, 0.3) is 5.91 Å². The minimum atomic E-state index is -0.268. The SMILES string of the molecule is O=C(Nc1nc(-c2cc3ccccc3o2)cs1)c1ccc(-n2ccnc2)nc1. The van der Waals surface area contributed by atoms with Gasteiger partial charge in [-0.3, -0.25) is 14.7 Å². The van der Waals surface area contributed by atoms with E-state index < -0.39 is 0 Å². The van der Waals surface area contributed by atoms with E-state index in [1.54, 1.807) is 35.4 Å². The van der Waals surface area contributed by atoms with Crippen LogP contribution < -0.4 is 5.32 Å². The van der Waals surface area contributed by atoms with Crippen LogP contribution in [0.15, 0.2) is 77.2 Å². The maximum Gasteiger partial charge on any atom is 0.259 e. The number of nitrogens with zero attached hydrogens (tertiary/aromatic N) is 4. The molecule has 8 heteroatoms. The maximum atomic E-state index is 12.5. The first-order valence-electron chi connectivity index (χ1n) is 8.46. The van der Waals surface area contributed by atoms with Crippen LogP contribution in [0.1, 0.15) is 10.4 Å². The predicted molar refractivity (Wildman–Crippen MR) is 107 cm³/mol. The Bertz CT molecular complexity index is 1220. The third-order valence-corrected chi connectivity index (χ3v) is 4.94. The number of rotatable bonds is 4. The van der Waals surface area contributed by atoms with Gasteiger partial charge >= 0.3 is 0 Å². The highest BCUT2D eigenvalue weighted by Gasteiger charge is 2.13. The van der Waals surface area contributed by atoms with Crippen LogP contribution in [0.4, 0.5) is 5.13 Å². The van der Waals surface area contributed by atoms with Crippen molar-refractivity contribution in [3.8, 4) is 17.3 Å². The number of carbonyl (C=O) groups is 1. The zero-order chi connectivity index (χ0) is 18.9. The van der Waals surface area contributed by atoms with Crippen molar-refractivity contribution in [2.45, 2.75) is 0 Å². The summed E-state index contributed by atoms with van der Waals surface area (Å²) in [5, 5.41) is 6.17. The topological polar surface area (TPSA) is 85.8 Å². The molecule has 0 radical (unpaired) electrons. The minimum absolute atomic E-state index is 0.268. The highest BCUT2D eigenvalue weighted by atomic mass is 32.1. The van der Waals surface area contributed by atoms with Gasteiger partial charge in [0, 0.05) is 29.4 Å². The van der Waals surface area contributed by atoms with Crippen molar-refractivity contribution >= 4 is 33.3 Å². The second kappa shape index (κ2) is 6.75. The van der Waals surface area contributed by atoms with Crippen LogP contribution in [0.25, 0.3) is 28.2 Å². The Balaban J connectivity index is 1.33. The summed E-state index contributed by atoms with van der Waals surface area (Å²) in [6, 6.07) is 13.2. The molecule has 0 aliphatic rings. The molecule has 136 valence electrons. The molecule has 1 amide bonds. The number of hydrogen-bond donors (Lipinski definition) is 1. The van der Waals surface area contributed by atoms with Gasteiger partial charge in [0.2, 0.25) is 0 Å². The summed E-state index contributed by atoms with van der Waals surface area (Å²) in [7, 11) is 0. The standard InChI is InChI=1S/C20H13N5O2S/c26-19(14-5-6-18(22-10-14)25-8-7-21-12-25)24-20-23-15(11-28-20)17-9-13-3-1-2-4-16(13)27-17/h1-12H,(H,23,24,26). The van der Waals surface area contributed by atoms with Gasteiger partial charge in [0.05, 0.1) is 5.56 Å². The molecule has 1 N–H and O–H groups in total. The van der Waals surface area contributed by atoms with E-state index in [-0.39, 0.29) is 5.91 Å². The van der Waals surface area contributed by atoms with Gasteiger partial charge in [0.1, 0.15) is 23.4 Å². The molecule has 5 rings (SSSR count). The third-order valence-electron chi connectivity index (χ3n) is 4.18. The van der Waals surface area contributed by atoms with Crippen LogP contribution in [-0.4, -0.2) is 25.4 Å². The smallest absolute Gasteiger partial charge is 0.259 e. The van der Waals surface area contributed by atoms with E-state index in [2.05, 4.69) is 20.3 Å². The molecule has 0 unspecified atom stereocenters. The molecule has 28 heavy (non-hydrogen) atoms. The lowest BCUT2D eigenvalue weighted by atomic mass is 10.2. The van der Waals surface area contributed by atoms with Gasteiger partial charge in [-0.25, -0.2) is 15.0 Å². The molecule has 7 nitrogen and oxygen atoms in total. The number of furan rings is 1. The highest BCUT2D eigenvalue weighted by Crippen LogP contribution is 2.30. The Morgan fingerprint density at radius 1 is 1.18 bits per heavy atom. The number of benzene rings is 1. The zero-order valence-corrected chi connectivity index (χ0v) is 15.3. The van der Waals surface area contributed by atoms with E-state index in [4.69, 9.17) is 4.42 Å². The Kier molecular flexibility index (Phi) is 3.95. The van der Waals surface area contributed by atoms with Crippen molar-refractivity contribution in [1.82, 2.24) is 19.5 Å². The molecule has 1 aromatic carbocycles. The van der Waals surface area contributed by atoms with Crippen LogP contribution in [0.3, 0.4) is 0 Å². The van der Waals surface area contributed by atoms with Crippen molar-refractivity contribution < 1.29 is 9.21 Å². The van der Waals surface area contributed by atoms with E-state index in [1.807, 2.05) is 35.7 Å². The quantitative estimate of drug-likeness (QED) is 0.494. The summed E-state index contributed by atoms with van der Waals surface area (Å²) in [6.07, 6.45) is 6.64. The molecule has 0 atom stereocenters. The van der Waals surface area contributed by atoms with Gasteiger partial charge in [-0.15, -0.1) is 11.3 Å². The van der Waals surface area contributed by atoms with Crippen LogP contribution >= 0.6 is 11.3 Å². The molecule has 0 aliphatic carbocycles. The number of aromatic nitrogens is 4. The maximum absolute atomic E-state index is 12.5. The van der Waals surface area contributed by atoms with Crippen molar-refractivity contribution in [3.63, 3.8) is 0 Å². The molecule has 4 aromatic heterocycles. The van der Waals surface area contributed by atoms with Gasteiger partial charge in [-0.2, -0.15) is 0 Å². The largest absolute Gasteiger partial charge is 0.454 e. The summed E-state index contributed by atoms with van der Waals surface area (Å²) < 4.78 is 7.59. The summed E-state index contributed by atoms with van der Waals surface area (Å²) in [4.78, 5) is 25.2. The van der Waals surface area contributed by atoms with E-state index in [0.717, 1.165) is 11.0 Å². The number of para-hydroxylation sites is 1. The van der Waals surface area contributed by atoms with Crippen LogP contribution in [0, 0.1) is 0 Å². The fourth-order valence-corrected chi connectivity index (χ4v) is 3.48. The molecule has 4 heterocycles. The number of thiazole rings is 1. The fraction of sp³-hybridized carbons (Fsp3) is 0. The highest BCUT2D eigenvalue weighted by molar-refractivity contribution is 7.14. The Hall–Kier alpha value is -3.78. The fourth-order valence-electron chi connectivity index (χ4n) is 2.79. The Morgan fingerprint density at radius 2 is 2.11 bits per heavy atom. The predicted octanol–water partition coefficient (Wildman–Crippen LogP) is 4.39. The lowest BCUT2D eigenvalue weighted by Gasteiger charge is -2.03. The molecule has 0 fully saturated rings. The Labute approximate surface area is 163 Å². The van der Waals surface area contributed by atoms with Crippen molar-refractivity contribution in [3.05, 3.63) is 78.3 Å². The Morgan fingerprint density at radius 3 is 2.89 bits per heavy atom. The lowest BCUT2D eigenvalue weighted by molar-refractivity contribution is 0.102. The third kappa shape index (κ3) is 3.06. The normalized spacial score (nSPS) is 11.0. The van der Waals surface area contributed by atoms with Gasteiger partial charge in [-0.1, -0.05) is 18.2 Å². The van der Waals surface area contributed by atoms with Crippen LogP contribution in [-0.2, 0) is 0 Å². The van der Waals surface area contributed by atoms with Crippen molar-refractivity contribution in [1.29, 1.82) is 0 Å². The number of imidazole rings is 1. The molecule has 0 saturated heterocycles. The molecule has 0 spiro atoms. The van der Waals surface area contributed by atoms with Crippen molar-refractivity contribution in [2.24, 2.45) is 0 Å². The number of amides is 1. The number of hydrogen-bond acceptors (Lipinski definition) is 6. The molecule has 0 saturated carbocycles. The molecular weight excluding hydrogens is 374 g/mol. The van der Waals surface area contributed by atoms with E-state index >= 15 is 0 Å². The lowest BCUT2D eigenvalue weighted by Crippen LogP contribution is -2.12.